The Labute approximate surface area is 164 Å². The minimum Gasteiger partial charge on any atom is -0.387 e. The number of piperazine rings is 1. The maximum atomic E-state index is 12.9. The average Bonchev–Trinajstić information content (AvgIpc) is 3.16. The molecular weight excluding hydrogens is 354 g/mol. The van der Waals surface area contributed by atoms with Gasteiger partial charge in [-0.1, -0.05) is 35.5 Å². The Hall–Kier alpha value is -2.77. The van der Waals surface area contributed by atoms with E-state index in [0.29, 0.717) is 25.2 Å². The summed E-state index contributed by atoms with van der Waals surface area (Å²) in [6.45, 7) is 6.16. The van der Waals surface area contributed by atoms with Crippen molar-refractivity contribution in [2.75, 3.05) is 32.7 Å². The van der Waals surface area contributed by atoms with Crippen LogP contribution in [-0.2, 0) is 6.54 Å². The Morgan fingerprint density at radius 2 is 1.86 bits per heavy atom. The maximum Gasteiger partial charge on any atom is 0.254 e. The molecule has 0 spiro atoms. The fraction of sp³-hybridized carbons (Fsp3) is 0.381. The summed E-state index contributed by atoms with van der Waals surface area (Å²) in [5.41, 5.74) is 3.26. The van der Waals surface area contributed by atoms with Crippen molar-refractivity contribution in [3.63, 3.8) is 0 Å². The quantitative estimate of drug-likeness (QED) is 0.733. The molecule has 1 aliphatic rings. The SMILES string of the molecule is CCn1nnc2cc(C(=O)N3CCN(CC(O)c4ccccc4)CC3)ccc21. The summed E-state index contributed by atoms with van der Waals surface area (Å²) in [7, 11) is 0. The predicted molar refractivity (Wildman–Crippen MR) is 107 cm³/mol. The van der Waals surface area contributed by atoms with Gasteiger partial charge in [-0.15, -0.1) is 5.10 Å². The highest BCUT2D eigenvalue weighted by atomic mass is 16.3. The van der Waals surface area contributed by atoms with Crippen LogP contribution in [0.2, 0.25) is 0 Å². The van der Waals surface area contributed by atoms with Crippen molar-refractivity contribution >= 4 is 16.9 Å². The fourth-order valence-electron chi connectivity index (χ4n) is 3.68. The Bertz CT molecular complexity index is 948. The molecule has 1 amide bonds. The number of carbonyl (C=O) groups is 1. The second-order valence-electron chi connectivity index (χ2n) is 7.13. The highest BCUT2D eigenvalue weighted by Crippen LogP contribution is 2.18. The molecule has 2 heterocycles. The summed E-state index contributed by atoms with van der Waals surface area (Å²) in [6.07, 6.45) is -0.507. The molecule has 2 aromatic carbocycles. The predicted octanol–water partition coefficient (Wildman–Crippen LogP) is 1.94. The number of hydrogen-bond acceptors (Lipinski definition) is 5. The van der Waals surface area contributed by atoms with Gasteiger partial charge in [0.1, 0.15) is 5.52 Å². The summed E-state index contributed by atoms with van der Waals surface area (Å²) in [5, 5.41) is 18.7. The number of aromatic nitrogens is 3. The lowest BCUT2D eigenvalue weighted by molar-refractivity contribution is 0.0527. The molecule has 7 nitrogen and oxygen atoms in total. The molecule has 0 saturated carbocycles. The maximum absolute atomic E-state index is 12.9. The minimum atomic E-state index is -0.507. The molecular formula is C21H25N5O2. The van der Waals surface area contributed by atoms with Crippen LogP contribution in [0.4, 0.5) is 0 Å². The molecule has 0 radical (unpaired) electrons. The smallest absolute Gasteiger partial charge is 0.254 e. The second kappa shape index (κ2) is 8.08. The van der Waals surface area contributed by atoms with Crippen molar-refractivity contribution in [1.29, 1.82) is 0 Å². The fourth-order valence-corrected chi connectivity index (χ4v) is 3.68. The molecule has 1 saturated heterocycles. The number of aryl methyl sites for hydroxylation is 1. The first-order valence-electron chi connectivity index (χ1n) is 9.73. The molecule has 1 atom stereocenters. The zero-order valence-electron chi connectivity index (χ0n) is 16.0. The number of aliphatic hydroxyl groups excluding tert-OH is 1. The number of carbonyl (C=O) groups excluding carboxylic acids is 1. The number of aliphatic hydroxyl groups is 1. The molecule has 28 heavy (non-hydrogen) atoms. The Balaban J connectivity index is 1.36. The van der Waals surface area contributed by atoms with Crippen molar-refractivity contribution in [2.24, 2.45) is 0 Å². The summed E-state index contributed by atoms with van der Waals surface area (Å²) < 4.78 is 1.82. The van der Waals surface area contributed by atoms with Crippen LogP contribution in [0, 0.1) is 0 Å². The van der Waals surface area contributed by atoms with Gasteiger partial charge in [0, 0.05) is 44.8 Å². The van der Waals surface area contributed by atoms with Crippen LogP contribution < -0.4 is 0 Å². The van der Waals surface area contributed by atoms with Gasteiger partial charge in [0.2, 0.25) is 0 Å². The van der Waals surface area contributed by atoms with E-state index in [1.165, 1.54) is 0 Å². The van der Waals surface area contributed by atoms with Crippen molar-refractivity contribution in [2.45, 2.75) is 19.6 Å². The van der Waals surface area contributed by atoms with E-state index in [2.05, 4.69) is 15.2 Å². The van der Waals surface area contributed by atoms with Gasteiger partial charge in [-0.2, -0.15) is 0 Å². The van der Waals surface area contributed by atoms with Crippen LogP contribution in [-0.4, -0.2) is 68.5 Å². The molecule has 1 unspecified atom stereocenters. The topological polar surface area (TPSA) is 74.5 Å². The summed E-state index contributed by atoms with van der Waals surface area (Å²) in [4.78, 5) is 17.0. The zero-order valence-corrected chi connectivity index (χ0v) is 16.0. The molecule has 146 valence electrons. The van der Waals surface area contributed by atoms with E-state index >= 15 is 0 Å². The summed E-state index contributed by atoms with van der Waals surface area (Å²) in [5.74, 6) is 0.0243. The van der Waals surface area contributed by atoms with Gasteiger partial charge in [-0.05, 0) is 30.7 Å². The molecule has 1 N–H and O–H groups in total. The highest BCUT2D eigenvalue weighted by molar-refractivity contribution is 5.97. The van der Waals surface area contributed by atoms with Gasteiger partial charge in [-0.25, -0.2) is 4.68 Å². The lowest BCUT2D eigenvalue weighted by atomic mass is 10.1. The Morgan fingerprint density at radius 3 is 2.57 bits per heavy atom. The lowest BCUT2D eigenvalue weighted by Crippen LogP contribution is -2.49. The number of benzene rings is 2. The number of hydrogen-bond donors (Lipinski definition) is 1. The average molecular weight is 379 g/mol. The van der Waals surface area contributed by atoms with Gasteiger partial charge in [-0.3, -0.25) is 9.69 Å². The molecule has 1 fully saturated rings. The third kappa shape index (κ3) is 3.76. The first-order valence-corrected chi connectivity index (χ1v) is 9.73. The number of fused-ring (bicyclic) bond motifs is 1. The van der Waals surface area contributed by atoms with Crippen LogP contribution in [0.3, 0.4) is 0 Å². The first-order chi connectivity index (χ1) is 13.7. The van der Waals surface area contributed by atoms with E-state index in [-0.39, 0.29) is 5.91 Å². The number of rotatable bonds is 5. The molecule has 0 bridgehead atoms. The van der Waals surface area contributed by atoms with Crippen LogP contribution >= 0.6 is 0 Å². The molecule has 4 rings (SSSR count). The lowest BCUT2D eigenvalue weighted by Gasteiger charge is -2.35. The van der Waals surface area contributed by atoms with Crippen LogP contribution in [0.15, 0.2) is 48.5 Å². The van der Waals surface area contributed by atoms with Crippen molar-refractivity contribution in [1.82, 2.24) is 24.8 Å². The largest absolute Gasteiger partial charge is 0.387 e. The zero-order chi connectivity index (χ0) is 19.5. The molecule has 3 aromatic rings. The van der Waals surface area contributed by atoms with Gasteiger partial charge >= 0.3 is 0 Å². The van der Waals surface area contributed by atoms with Crippen LogP contribution in [0.25, 0.3) is 11.0 Å². The van der Waals surface area contributed by atoms with Crippen molar-refractivity contribution in [3.8, 4) is 0 Å². The summed E-state index contributed by atoms with van der Waals surface area (Å²) in [6, 6.07) is 15.3. The number of β-amino-alcohol motifs (C(OH)–C–C–N with tert-alkyl or cyclic N) is 1. The van der Waals surface area contributed by atoms with E-state index in [9.17, 15) is 9.90 Å². The standard InChI is InChI=1S/C21H25N5O2/c1-2-26-19-9-8-17(14-18(19)22-23-26)21(28)25-12-10-24(11-13-25)15-20(27)16-6-4-3-5-7-16/h3-9,14,20,27H,2,10-13,15H2,1H3. The molecule has 1 aliphatic heterocycles. The van der Waals surface area contributed by atoms with E-state index < -0.39 is 6.10 Å². The van der Waals surface area contributed by atoms with E-state index in [1.807, 2.05) is 65.0 Å². The number of nitrogens with zero attached hydrogens (tertiary/aromatic N) is 5. The third-order valence-corrected chi connectivity index (χ3v) is 5.34. The number of amides is 1. The van der Waals surface area contributed by atoms with E-state index in [0.717, 1.165) is 36.2 Å². The van der Waals surface area contributed by atoms with E-state index in [1.54, 1.807) is 0 Å². The minimum absolute atomic E-state index is 0.0243. The van der Waals surface area contributed by atoms with Gasteiger partial charge in [0.05, 0.1) is 11.6 Å². The molecule has 7 heteroatoms. The van der Waals surface area contributed by atoms with Crippen LogP contribution in [0.1, 0.15) is 28.9 Å². The van der Waals surface area contributed by atoms with Crippen molar-refractivity contribution in [3.05, 3.63) is 59.7 Å². The highest BCUT2D eigenvalue weighted by Gasteiger charge is 2.24. The Morgan fingerprint density at radius 1 is 1.11 bits per heavy atom. The molecule has 1 aromatic heterocycles. The first kappa shape index (κ1) is 18.6. The van der Waals surface area contributed by atoms with E-state index in [4.69, 9.17) is 0 Å². The van der Waals surface area contributed by atoms with Gasteiger partial charge < -0.3 is 10.0 Å². The monoisotopic (exact) mass is 379 g/mol. The molecule has 0 aliphatic carbocycles. The normalized spacial score (nSPS) is 16.4. The van der Waals surface area contributed by atoms with Crippen LogP contribution in [0.5, 0.6) is 0 Å². The summed E-state index contributed by atoms with van der Waals surface area (Å²) >= 11 is 0. The van der Waals surface area contributed by atoms with Crippen molar-refractivity contribution < 1.29 is 9.90 Å². The van der Waals surface area contributed by atoms with Gasteiger partial charge in [0.15, 0.2) is 0 Å². The third-order valence-electron chi connectivity index (χ3n) is 5.34. The second-order valence-corrected chi connectivity index (χ2v) is 7.13. The van der Waals surface area contributed by atoms with Gasteiger partial charge in [0.25, 0.3) is 5.91 Å². The Kier molecular flexibility index (Phi) is 5.36.